The zero-order valence-electron chi connectivity index (χ0n) is 10.6. The van der Waals surface area contributed by atoms with Crippen molar-refractivity contribution < 1.29 is 19.3 Å². The summed E-state index contributed by atoms with van der Waals surface area (Å²) in [6, 6.07) is 5.34. The molecule has 0 heterocycles. The molecule has 1 N–H and O–H groups in total. The fourth-order valence-corrected chi connectivity index (χ4v) is 1.50. The van der Waals surface area contributed by atoms with Crippen molar-refractivity contribution in [1.82, 2.24) is 0 Å². The van der Waals surface area contributed by atoms with Crippen molar-refractivity contribution in [3.8, 4) is 11.5 Å². The standard InChI is InChI=1S/C13H20O4/c1-4-7-17-9-11(14)10-5-6-12(15-2)13(8-10)16-3/h5-6,8,11,14H,4,7,9H2,1-3H3. The van der Waals surface area contributed by atoms with Crippen LogP contribution < -0.4 is 9.47 Å². The molecule has 0 fully saturated rings. The summed E-state index contributed by atoms with van der Waals surface area (Å²) in [6.45, 7) is 2.98. The highest BCUT2D eigenvalue weighted by Gasteiger charge is 2.11. The van der Waals surface area contributed by atoms with E-state index in [0.29, 0.717) is 24.7 Å². The molecule has 4 nitrogen and oxygen atoms in total. The van der Waals surface area contributed by atoms with Crippen LogP contribution in [0.4, 0.5) is 0 Å². The number of aliphatic hydroxyl groups excluding tert-OH is 1. The van der Waals surface area contributed by atoms with Gasteiger partial charge in [0, 0.05) is 6.61 Å². The number of benzene rings is 1. The summed E-state index contributed by atoms with van der Waals surface area (Å²) in [5, 5.41) is 9.91. The smallest absolute Gasteiger partial charge is 0.161 e. The first-order chi connectivity index (χ1) is 8.22. The van der Waals surface area contributed by atoms with Crippen LogP contribution in [0.1, 0.15) is 25.0 Å². The van der Waals surface area contributed by atoms with E-state index in [1.54, 1.807) is 32.4 Å². The van der Waals surface area contributed by atoms with Gasteiger partial charge in [0.15, 0.2) is 11.5 Å². The maximum absolute atomic E-state index is 9.91. The monoisotopic (exact) mass is 240 g/mol. The lowest BCUT2D eigenvalue weighted by Gasteiger charge is -2.14. The molecule has 0 radical (unpaired) electrons. The number of ether oxygens (including phenoxy) is 3. The van der Waals surface area contributed by atoms with Gasteiger partial charge in [-0.3, -0.25) is 0 Å². The van der Waals surface area contributed by atoms with Crippen LogP contribution in [0.2, 0.25) is 0 Å². The highest BCUT2D eigenvalue weighted by molar-refractivity contribution is 5.43. The lowest BCUT2D eigenvalue weighted by Crippen LogP contribution is -2.08. The molecule has 0 aromatic heterocycles. The van der Waals surface area contributed by atoms with Crippen LogP contribution in [-0.4, -0.2) is 32.5 Å². The van der Waals surface area contributed by atoms with Crippen LogP contribution in [0.15, 0.2) is 18.2 Å². The molecular weight excluding hydrogens is 220 g/mol. The van der Waals surface area contributed by atoms with Crippen molar-refractivity contribution >= 4 is 0 Å². The zero-order chi connectivity index (χ0) is 12.7. The van der Waals surface area contributed by atoms with Gasteiger partial charge in [-0.15, -0.1) is 0 Å². The first-order valence-electron chi connectivity index (χ1n) is 5.70. The maximum atomic E-state index is 9.91. The Labute approximate surface area is 102 Å². The van der Waals surface area contributed by atoms with Crippen molar-refractivity contribution in [2.45, 2.75) is 19.4 Å². The average molecular weight is 240 g/mol. The van der Waals surface area contributed by atoms with Gasteiger partial charge in [0.05, 0.1) is 20.8 Å². The summed E-state index contributed by atoms with van der Waals surface area (Å²) >= 11 is 0. The molecule has 0 saturated heterocycles. The topological polar surface area (TPSA) is 47.9 Å². The predicted molar refractivity (Wildman–Crippen MR) is 65.6 cm³/mol. The Kier molecular flexibility index (Phi) is 5.80. The van der Waals surface area contributed by atoms with Gasteiger partial charge in [-0.05, 0) is 24.1 Å². The van der Waals surface area contributed by atoms with Gasteiger partial charge in [0.1, 0.15) is 6.10 Å². The first kappa shape index (κ1) is 13.8. The Morgan fingerprint density at radius 2 is 1.88 bits per heavy atom. The largest absolute Gasteiger partial charge is 0.493 e. The molecule has 1 rings (SSSR count). The molecule has 1 unspecified atom stereocenters. The van der Waals surface area contributed by atoms with Gasteiger partial charge in [-0.2, -0.15) is 0 Å². The molecule has 0 aliphatic rings. The molecule has 1 aromatic rings. The minimum atomic E-state index is -0.638. The highest BCUT2D eigenvalue weighted by atomic mass is 16.5. The summed E-state index contributed by atoms with van der Waals surface area (Å²) in [5.41, 5.74) is 0.763. The Morgan fingerprint density at radius 1 is 1.18 bits per heavy atom. The molecule has 0 spiro atoms. The van der Waals surface area contributed by atoms with Crippen molar-refractivity contribution in [1.29, 1.82) is 0 Å². The third-order valence-electron chi connectivity index (χ3n) is 2.42. The van der Waals surface area contributed by atoms with E-state index in [4.69, 9.17) is 14.2 Å². The lowest BCUT2D eigenvalue weighted by molar-refractivity contribution is 0.0362. The minimum Gasteiger partial charge on any atom is -0.493 e. The summed E-state index contributed by atoms with van der Waals surface area (Å²) in [5.74, 6) is 1.26. The first-order valence-corrected chi connectivity index (χ1v) is 5.70. The van der Waals surface area contributed by atoms with Gasteiger partial charge in [0.2, 0.25) is 0 Å². The minimum absolute atomic E-state index is 0.295. The Hall–Kier alpha value is -1.26. The van der Waals surface area contributed by atoms with Crippen molar-refractivity contribution in [3.05, 3.63) is 23.8 Å². The number of aliphatic hydroxyl groups is 1. The Bertz CT molecular complexity index is 338. The molecule has 0 bridgehead atoms. The Morgan fingerprint density at radius 3 is 2.47 bits per heavy atom. The number of hydrogen-bond donors (Lipinski definition) is 1. The summed E-state index contributed by atoms with van der Waals surface area (Å²) in [6.07, 6.45) is 0.305. The third-order valence-corrected chi connectivity index (χ3v) is 2.42. The van der Waals surface area contributed by atoms with Crippen LogP contribution in [0, 0.1) is 0 Å². The lowest BCUT2D eigenvalue weighted by atomic mass is 10.1. The van der Waals surface area contributed by atoms with Crippen molar-refractivity contribution in [2.75, 3.05) is 27.4 Å². The van der Waals surface area contributed by atoms with Gasteiger partial charge < -0.3 is 19.3 Å². The quantitative estimate of drug-likeness (QED) is 0.742. The van der Waals surface area contributed by atoms with Crippen LogP contribution in [0.3, 0.4) is 0 Å². The summed E-state index contributed by atoms with van der Waals surface area (Å²) < 4.78 is 15.6. The molecule has 1 atom stereocenters. The SMILES string of the molecule is CCCOCC(O)c1ccc(OC)c(OC)c1. The molecule has 4 heteroatoms. The number of rotatable bonds is 7. The van der Waals surface area contributed by atoms with E-state index in [0.717, 1.165) is 12.0 Å². The average Bonchev–Trinajstić information content (AvgIpc) is 2.38. The maximum Gasteiger partial charge on any atom is 0.161 e. The van der Waals surface area contributed by atoms with Crippen LogP contribution in [0.5, 0.6) is 11.5 Å². The van der Waals surface area contributed by atoms with Crippen LogP contribution in [-0.2, 0) is 4.74 Å². The summed E-state index contributed by atoms with van der Waals surface area (Å²) in [4.78, 5) is 0. The van der Waals surface area contributed by atoms with E-state index >= 15 is 0 Å². The van der Waals surface area contributed by atoms with E-state index in [2.05, 4.69) is 0 Å². The second-order valence-electron chi connectivity index (χ2n) is 3.71. The van der Waals surface area contributed by atoms with Gasteiger partial charge in [-0.1, -0.05) is 13.0 Å². The van der Waals surface area contributed by atoms with E-state index in [-0.39, 0.29) is 0 Å². The highest BCUT2D eigenvalue weighted by Crippen LogP contribution is 2.29. The molecule has 96 valence electrons. The number of hydrogen-bond acceptors (Lipinski definition) is 4. The van der Waals surface area contributed by atoms with Gasteiger partial charge in [-0.25, -0.2) is 0 Å². The third kappa shape index (κ3) is 3.91. The molecule has 0 amide bonds. The van der Waals surface area contributed by atoms with E-state index < -0.39 is 6.10 Å². The molecular formula is C13H20O4. The summed E-state index contributed by atoms with van der Waals surface area (Å²) in [7, 11) is 3.15. The van der Waals surface area contributed by atoms with Crippen LogP contribution >= 0.6 is 0 Å². The van der Waals surface area contributed by atoms with E-state index in [1.165, 1.54) is 0 Å². The van der Waals surface area contributed by atoms with Gasteiger partial charge >= 0.3 is 0 Å². The number of methoxy groups -OCH3 is 2. The van der Waals surface area contributed by atoms with E-state index in [1.807, 2.05) is 6.92 Å². The van der Waals surface area contributed by atoms with Crippen molar-refractivity contribution in [2.24, 2.45) is 0 Å². The molecule has 1 aromatic carbocycles. The predicted octanol–water partition coefficient (Wildman–Crippen LogP) is 2.16. The van der Waals surface area contributed by atoms with E-state index in [9.17, 15) is 5.11 Å². The fourth-order valence-electron chi connectivity index (χ4n) is 1.50. The molecule has 0 aliphatic carbocycles. The normalized spacial score (nSPS) is 12.2. The van der Waals surface area contributed by atoms with Gasteiger partial charge in [0.25, 0.3) is 0 Å². The fraction of sp³-hybridized carbons (Fsp3) is 0.538. The van der Waals surface area contributed by atoms with Crippen LogP contribution in [0.25, 0.3) is 0 Å². The zero-order valence-corrected chi connectivity index (χ0v) is 10.6. The molecule has 17 heavy (non-hydrogen) atoms. The van der Waals surface area contributed by atoms with Crippen molar-refractivity contribution in [3.63, 3.8) is 0 Å². The second kappa shape index (κ2) is 7.14. The second-order valence-corrected chi connectivity index (χ2v) is 3.71. The Balaban J connectivity index is 2.70. The molecule has 0 aliphatic heterocycles. The molecule has 0 saturated carbocycles.